The van der Waals surface area contributed by atoms with E-state index in [2.05, 4.69) is 27.0 Å². The number of nitrogens with zero attached hydrogens (tertiary/aromatic N) is 2. The molecule has 1 saturated heterocycles. The van der Waals surface area contributed by atoms with Crippen molar-refractivity contribution in [2.24, 2.45) is 0 Å². The Morgan fingerprint density at radius 2 is 1.66 bits per heavy atom. The second-order valence-corrected chi connectivity index (χ2v) is 8.09. The van der Waals surface area contributed by atoms with Crippen LogP contribution in [-0.2, 0) is 6.54 Å². The zero-order valence-electron chi connectivity index (χ0n) is 18.9. The van der Waals surface area contributed by atoms with Crippen LogP contribution in [0.5, 0.6) is 17.2 Å². The van der Waals surface area contributed by atoms with Crippen molar-refractivity contribution in [1.29, 1.82) is 0 Å². The van der Waals surface area contributed by atoms with Crippen molar-refractivity contribution >= 4 is 0 Å². The molecule has 0 saturated carbocycles. The number of methoxy groups -OCH3 is 3. The molecule has 0 bridgehead atoms. The van der Waals surface area contributed by atoms with Crippen LogP contribution >= 0.6 is 0 Å². The predicted molar refractivity (Wildman–Crippen MR) is 123 cm³/mol. The highest BCUT2D eigenvalue weighted by molar-refractivity contribution is 5.45. The van der Waals surface area contributed by atoms with E-state index in [0.717, 1.165) is 42.2 Å². The smallest absolute Gasteiger partial charge is 0.251 e. The van der Waals surface area contributed by atoms with Gasteiger partial charge in [-0.25, -0.2) is 4.98 Å². The van der Waals surface area contributed by atoms with Gasteiger partial charge in [-0.2, -0.15) is 0 Å². The first-order valence-electron chi connectivity index (χ1n) is 10.7. The Hall–Kier alpha value is -3.32. The molecule has 1 aromatic heterocycles. The molecule has 2 heterocycles. The average Bonchev–Trinajstić information content (AvgIpc) is 3.22. The van der Waals surface area contributed by atoms with Crippen LogP contribution in [0.25, 0.3) is 0 Å². The standard InChI is InChI=1S/C25H29N3O4/c1-16-26-21(12-25(29)27-16)20-15-28(13-18-7-5-6-8-22(18)30-2)14-19(20)17-9-10-23(31-3)24(11-17)32-4/h5-12,19-20H,13-15H2,1-4H3,(H,26,27,29)/t19-,20+/m0/s1. The molecule has 0 aliphatic carbocycles. The highest BCUT2D eigenvalue weighted by Crippen LogP contribution is 2.42. The van der Waals surface area contributed by atoms with E-state index >= 15 is 0 Å². The van der Waals surface area contributed by atoms with Gasteiger partial charge in [0.1, 0.15) is 11.6 Å². The molecule has 4 rings (SSSR count). The van der Waals surface area contributed by atoms with Gasteiger partial charge in [0.15, 0.2) is 11.5 Å². The molecule has 0 spiro atoms. The molecular formula is C25H29N3O4. The summed E-state index contributed by atoms with van der Waals surface area (Å²) >= 11 is 0. The second kappa shape index (κ2) is 9.44. The molecule has 0 radical (unpaired) electrons. The van der Waals surface area contributed by atoms with Crippen molar-refractivity contribution in [3.05, 3.63) is 81.5 Å². The first kappa shape index (κ1) is 21.9. The van der Waals surface area contributed by atoms with Gasteiger partial charge in [-0.3, -0.25) is 9.69 Å². The number of hydrogen-bond donors (Lipinski definition) is 1. The number of hydrogen-bond acceptors (Lipinski definition) is 6. The number of aryl methyl sites for hydroxylation is 1. The van der Waals surface area contributed by atoms with Crippen LogP contribution in [0.2, 0.25) is 0 Å². The van der Waals surface area contributed by atoms with Crippen molar-refractivity contribution < 1.29 is 14.2 Å². The summed E-state index contributed by atoms with van der Waals surface area (Å²) in [6, 6.07) is 15.7. The number of aromatic amines is 1. The van der Waals surface area contributed by atoms with Crippen molar-refractivity contribution in [3.63, 3.8) is 0 Å². The topological polar surface area (TPSA) is 76.7 Å². The summed E-state index contributed by atoms with van der Waals surface area (Å²) in [5.74, 6) is 3.12. The fourth-order valence-corrected chi connectivity index (χ4v) is 4.60. The Bertz CT molecular complexity index is 1140. The third-order valence-corrected chi connectivity index (χ3v) is 6.08. The minimum absolute atomic E-state index is 0.0730. The van der Waals surface area contributed by atoms with E-state index in [0.29, 0.717) is 17.3 Å². The summed E-state index contributed by atoms with van der Waals surface area (Å²) in [4.78, 5) is 22.0. The summed E-state index contributed by atoms with van der Waals surface area (Å²) < 4.78 is 16.5. The summed E-state index contributed by atoms with van der Waals surface area (Å²) in [6.45, 7) is 4.18. The Morgan fingerprint density at radius 1 is 0.938 bits per heavy atom. The Kier molecular flexibility index (Phi) is 6.46. The zero-order valence-corrected chi connectivity index (χ0v) is 18.9. The number of ether oxygens (including phenoxy) is 3. The van der Waals surface area contributed by atoms with Crippen LogP contribution in [0, 0.1) is 6.92 Å². The molecule has 1 aliphatic rings. The van der Waals surface area contributed by atoms with Gasteiger partial charge in [0.2, 0.25) is 0 Å². The molecule has 1 fully saturated rings. The maximum atomic E-state index is 12.2. The maximum absolute atomic E-state index is 12.2. The Labute approximate surface area is 188 Å². The Balaban J connectivity index is 1.70. The summed E-state index contributed by atoms with van der Waals surface area (Å²) in [7, 11) is 4.97. The Morgan fingerprint density at radius 3 is 2.38 bits per heavy atom. The molecule has 7 heteroatoms. The normalized spacial score (nSPS) is 18.5. The number of nitrogens with one attached hydrogen (secondary N) is 1. The van der Waals surface area contributed by atoms with Crippen LogP contribution in [0.4, 0.5) is 0 Å². The lowest BCUT2D eigenvalue weighted by molar-refractivity contribution is 0.313. The van der Waals surface area contributed by atoms with Gasteiger partial charge in [0.05, 0.1) is 27.0 Å². The SMILES string of the molecule is COc1ccccc1CN1C[C@@H](c2ccc(OC)c(OC)c2)[C@H](c2cc(=O)[nH]c(C)n2)C1. The van der Waals surface area contributed by atoms with Gasteiger partial charge >= 0.3 is 0 Å². The average molecular weight is 436 g/mol. The minimum Gasteiger partial charge on any atom is -0.496 e. The molecule has 2 atom stereocenters. The second-order valence-electron chi connectivity index (χ2n) is 8.09. The number of rotatable bonds is 7. The molecule has 32 heavy (non-hydrogen) atoms. The summed E-state index contributed by atoms with van der Waals surface area (Å²) in [6.07, 6.45) is 0. The number of H-pyrrole nitrogens is 1. The number of aromatic nitrogens is 2. The van der Waals surface area contributed by atoms with Crippen LogP contribution in [-0.4, -0.2) is 49.3 Å². The van der Waals surface area contributed by atoms with Gasteiger partial charge in [0, 0.05) is 43.1 Å². The van der Waals surface area contributed by atoms with Crippen LogP contribution in [0.3, 0.4) is 0 Å². The fourth-order valence-electron chi connectivity index (χ4n) is 4.60. The lowest BCUT2D eigenvalue weighted by atomic mass is 9.86. The zero-order chi connectivity index (χ0) is 22.7. The van der Waals surface area contributed by atoms with E-state index < -0.39 is 0 Å². The molecule has 2 aromatic carbocycles. The van der Waals surface area contributed by atoms with Gasteiger partial charge in [-0.05, 0) is 30.7 Å². The molecule has 168 valence electrons. The van der Waals surface area contributed by atoms with Crippen LogP contribution in [0.1, 0.15) is 34.5 Å². The van der Waals surface area contributed by atoms with E-state index in [9.17, 15) is 4.79 Å². The number of para-hydroxylation sites is 1. The number of benzene rings is 2. The summed E-state index contributed by atoms with van der Waals surface area (Å²) in [5.41, 5.74) is 2.96. The van der Waals surface area contributed by atoms with Gasteiger partial charge in [0.25, 0.3) is 5.56 Å². The van der Waals surface area contributed by atoms with Gasteiger partial charge in [-0.1, -0.05) is 24.3 Å². The first-order valence-corrected chi connectivity index (χ1v) is 10.7. The maximum Gasteiger partial charge on any atom is 0.251 e. The van der Waals surface area contributed by atoms with E-state index in [1.165, 1.54) is 0 Å². The molecule has 0 unspecified atom stereocenters. The lowest BCUT2D eigenvalue weighted by Gasteiger charge is -2.20. The molecule has 1 aliphatic heterocycles. The molecular weight excluding hydrogens is 406 g/mol. The van der Waals surface area contributed by atoms with Crippen LogP contribution < -0.4 is 19.8 Å². The molecule has 1 N–H and O–H groups in total. The predicted octanol–water partition coefficient (Wildman–Crippen LogP) is 3.49. The van der Waals surface area contributed by atoms with Crippen molar-refractivity contribution in [3.8, 4) is 17.2 Å². The largest absolute Gasteiger partial charge is 0.496 e. The lowest BCUT2D eigenvalue weighted by Crippen LogP contribution is -2.21. The first-order chi connectivity index (χ1) is 15.5. The van der Waals surface area contributed by atoms with Gasteiger partial charge in [-0.15, -0.1) is 0 Å². The van der Waals surface area contributed by atoms with Crippen molar-refractivity contribution in [2.45, 2.75) is 25.3 Å². The monoisotopic (exact) mass is 435 g/mol. The third kappa shape index (κ3) is 4.48. The number of likely N-dealkylation sites (tertiary alicyclic amines) is 1. The molecule has 7 nitrogen and oxygen atoms in total. The minimum atomic E-state index is -0.123. The molecule has 0 amide bonds. The van der Waals surface area contributed by atoms with Gasteiger partial charge < -0.3 is 19.2 Å². The van der Waals surface area contributed by atoms with E-state index in [1.807, 2.05) is 37.3 Å². The van der Waals surface area contributed by atoms with Crippen molar-refractivity contribution in [2.75, 3.05) is 34.4 Å². The molecule has 3 aromatic rings. The van der Waals surface area contributed by atoms with E-state index in [1.54, 1.807) is 27.4 Å². The van der Waals surface area contributed by atoms with Crippen molar-refractivity contribution in [1.82, 2.24) is 14.9 Å². The highest BCUT2D eigenvalue weighted by atomic mass is 16.5. The van der Waals surface area contributed by atoms with E-state index in [-0.39, 0.29) is 17.4 Å². The van der Waals surface area contributed by atoms with E-state index in [4.69, 9.17) is 14.2 Å². The summed E-state index contributed by atoms with van der Waals surface area (Å²) in [5, 5.41) is 0. The quantitative estimate of drug-likeness (QED) is 0.612. The van der Waals surface area contributed by atoms with Crippen LogP contribution in [0.15, 0.2) is 53.3 Å². The highest BCUT2D eigenvalue weighted by Gasteiger charge is 2.36. The fraction of sp³-hybridized carbons (Fsp3) is 0.360. The third-order valence-electron chi connectivity index (χ3n) is 6.08.